The maximum absolute atomic E-state index is 13.3. The molecule has 2 aromatic heterocycles. The number of nitrogens with zero attached hydrogens (tertiary/aromatic N) is 3. The van der Waals surface area contributed by atoms with E-state index in [0.29, 0.717) is 23.0 Å². The normalized spacial score (nSPS) is 17.5. The molecule has 2 heterocycles. The number of rotatable bonds is 13. The van der Waals surface area contributed by atoms with E-state index < -0.39 is 43.0 Å². The number of methoxy groups -OCH3 is 1. The SMILES string of the molecule is COC(=O)[C@@H](NC(O)c1cnc(-c2cccc(-c3cc(C(=O)NC(C4CC4)C4CC4)n(CC(O)C(F)(F)F)n3)c2)o1)C(C)C. The molecule has 238 valence electrons. The molecule has 3 aromatic rings. The zero-order valence-electron chi connectivity index (χ0n) is 24.5. The molecular formula is C30H36F3N5O6. The summed E-state index contributed by atoms with van der Waals surface area (Å²) >= 11 is 0. The fourth-order valence-electron chi connectivity index (χ4n) is 5.17. The van der Waals surface area contributed by atoms with Gasteiger partial charge in [0.05, 0.1) is 25.5 Å². The lowest BCUT2D eigenvalue weighted by Gasteiger charge is -2.22. The number of amides is 1. The number of hydrogen-bond donors (Lipinski definition) is 4. The topological polar surface area (TPSA) is 152 Å². The third kappa shape index (κ3) is 7.30. The lowest BCUT2D eigenvalue weighted by Crippen LogP contribution is -2.43. The first kappa shape index (κ1) is 31.7. The lowest BCUT2D eigenvalue weighted by molar-refractivity contribution is -0.208. The number of nitrogens with one attached hydrogen (secondary N) is 2. The summed E-state index contributed by atoms with van der Waals surface area (Å²) < 4.78 is 51.2. The van der Waals surface area contributed by atoms with Gasteiger partial charge in [0.1, 0.15) is 11.7 Å². The van der Waals surface area contributed by atoms with E-state index in [0.717, 1.165) is 30.4 Å². The Kier molecular flexibility index (Phi) is 9.14. The minimum atomic E-state index is -4.89. The molecule has 0 aliphatic heterocycles. The van der Waals surface area contributed by atoms with E-state index in [4.69, 9.17) is 9.15 Å². The highest BCUT2D eigenvalue weighted by Gasteiger charge is 2.43. The third-order valence-electron chi connectivity index (χ3n) is 7.95. The molecule has 0 spiro atoms. The van der Waals surface area contributed by atoms with E-state index in [2.05, 4.69) is 20.7 Å². The number of carbonyl (C=O) groups excluding carboxylic acids is 2. The minimum Gasteiger partial charge on any atom is -0.468 e. The molecule has 2 saturated carbocycles. The summed E-state index contributed by atoms with van der Waals surface area (Å²) in [7, 11) is 1.25. The minimum absolute atomic E-state index is 0.0299. The van der Waals surface area contributed by atoms with Crippen LogP contribution in [0.3, 0.4) is 0 Å². The molecule has 2 aliphatic rings. The van der Waals surface area contributed by atoms with E-state index >= 15 is 0 Å². The van der Waals surface area contributed by atoms with Gasteiger partial charge in [-0.25, -0.2) is 4.98 Å². The van der Waals surface area contributed by atoms with Gasteiger partial charge in [0.15, 0.2) is 18.1 Å². The Morgan fingerprint density at radius 1 is 1.11 bits per heavy atom. The largest absolute Gasteiger partial charge is 0.468 e. The van der Waals surface area contributed by atoms with Crippen LogP contribution >= 0.6 is 0 Å². The maximum Gasteiger partial charge on any atom is 0.416 e. The molecule has 0 bridgehead atoms. The van der Waals surface area contributed by atoms with Crippen LogP contribution in [0.5, 0.6) is 0 Å². The van der Waals surface area contributed by atoms with Gasteiger partial charge in [-0.3, -0.25) is 19.6 Å². The Hall–Kier alpha value is -3.75. The second-order valence-electron chi connectivity index (χ2n) is 11.8. The summed E-state index contributed by atoms with van der Waals surface area (Å²) in [6.45, 7) is 2.63. The maximum atomic E-state index is 13.3. The molecule has 11 nitrogen and oxygen atoms in total. The summed E-state index contributed by atoms with van der Waals surface area (Å²) in [5.41, 5.74) is 1.06. The highest BCUT2D eigenvalue weighted by molar-refractivity contribution is 5.94. The van der Waals surface area contributed by atoms with Crippen LogP contribution in [-0.2, 0) is 16.1 Å². The molecule has 5 rings (SSSR count). The van der Waals surface area contributed by atoms with E-state index in [1.165, 1.54) is 19.4 Å². The highest BCUT2D eigenvalue weighted by Crippen LogP contribution is 2.44. The summed E-state index contributed by atoms with van der Waals surface area (Å²) in [4.78, 5) is 29.6. The monoisotopic (exact) mass is 619 g/mol. The second-order valence-corrected chi connectivity index (χ2v) is 11.8. The van der Waals surface area contributed by atoms with Crippen molar-refractivity contribution < 1.29 is 42.1 Å². The highest BCUT2D eigenvalue weighted by atomic mass is 19.4. The van der Waals surface area contributed by atoms with Crippen molar-refractivity contribution in [3.8, 4) is 22.7 Å². The molecule has 4 N–H and O–H groups in total. The lowest BCUT2D eigenvalue weighted by atomic mass is 10.0. The van der Waals surface area contributed by atoms with Crippen LogP contribution in [0.2, 0.25) is 0 Å². The van der Waals surface area contributed by atoms with Gasteiger partial charge in [-0.15, -0.1) is 0 Å². The predicted octanol–water partition coefficient (Wildman–Crippen LogP) is 3.82. The quantitative estimate of drug-likeness (QED) is 0.165. The first-order chi connectivity index (χ1) is 20.8. The average Bonchev–Trinajstić information content (AvgIpc) is 3.92. The number of carbonyl (C=O) groups is 2. The Balaban J connectivity index is 1.39. The number of hydrogen-bond acceptors (Lipinski definition) is 9. The summed E-state index contributed by atoms with van der Waals surface area (Å²) in [5, 5.41) is 30.5. The number of aliphatic hydroxyl groups excluding tert-OH is 2. The van der Waals surface area contributed by atoms with E-state index in [1.807, 2.05) is 0 Å². The van der Waals surface area contributed by atoms with Crippen LogP contribution in [-0.4, -0.2) is 68.3 Å². The van der Waals surface area contributed by atoms with Crippen molar-refractivity contribution in [3.63, 3.8) is 0 Å². The van der Waals surface area contributed by atoms with Gasteiger partial charge in [0.2, 0.25) is 5.89 Å². The molecule has 0 saturated heterocycles. The van der Waals surface area contributed by atoms with Crippen LogP contribution in [0.4, 0.5) is 13.2 Å². The Bertz CT molecular complexity index is 1470. The molecule has 2 fully saturated rings. The first-order valence-corrected chi connectivity index (χ1v) is 14.6. The van der Waals surface area contributed by atoms with Crippen LogP contribution < -0.4 is 10.6 Å². The van der Waals surface area contributed by atoms with Crippen LogP contribution in [0.15, 0.2) is 40.9 Å². The van der Waals surface area contributed by atoms with Crippen LogP contribution in [0, 0.1) is 17.8 Å². The van der Waals surface area contributed by atoms with E-state index in [-0.39, 0.29) is 35.0 Å². The second kappa shape index (κ2) is 12.7. The molecule has 1 aromatic carbocycles. The standard InChI is InChI=1S/C30H36F3N5O6/c1-15(2)24(29(42)43-3)35-27(41)22-13-34-28(44-22)19-6-4-5-18(11-19)20-12-21(38(37-20)14-23(39)30(31,32)33)26(40)36-25(16-7-8-16)17-9-10-17/h4-6,11-13,15-17,23-25,27,35,39,41H,7-10,14H2,1-3H3,(H,36,40)/t23?,24-,27?/m0/s1. The van der Waals surface area contributed by atoms with Gasteiger partial charge in [-0.2, -0.15) is 18.3 Å². The van der Waals surface area contributed by atoms with Crippen molar-refractivity contribution in [1.82, 2.24) is 25.4 Å². The number of alkyl halides is 3. The number of ether oxygens (including phenoxy) is 1. The van der Waals surface area contributed by atoms with Gasteiger partial charge < -0.3 is 24.7 Å². The Morgan fingerprint density at radius 2 is 1.77 bits per heavy atom. The van der Waals surface area contributed by atoms with E-state index in [1.54, 1.807) is 38.1 Å². The van der Waals surface area contributed by atoms with Crippen LogP contribution in [0.1, 0.15) is 62.0 Å². The molecule has 1 amide bonds. The molecule has 0 radical (unpaired) electrons. The molecule has 14 heteroatoms. The van der Waals surface area contributed by atoms with Gasteiger partial charge in [-0.1, -0.05) is 26.0 Å². The van der Waals surface area contributed by atoms with Gasteiger partial charge in [0, 0.05) is 17.2 Å². The predicted molar refractivity (Wildman–Crippen MR) is 151 cm³/mol. The molecule has 2 unspecified atom stereocenters. The number of aromatic nitrogens is 3. The fraction of sp³-hybridized carbons (Fsp3) is 0.533. The first-order valence-electron chi connectivity index (χ1n) is 14.6. The molecule has 3 atom stereocenters. The van der Waals surface area contributed by atoms with Crippen molar-refractivity contribution >= 4 is 11.9 Å². The molecule has 44 heavy (non-hydrogen) atoms. The fourth-order valence-corrected chi connectivity index (χ4v) is 5.17. The summed E-state index contributed by atoms with van der Waals surface area (Å²) in [5.74, 6) is -0.352. The van der Waals surface area contributed by atoms with Gasteiger partial charge >= 0.3 is 12.1 Å². The zero-order valence-corrected chi connectivity index (χ0v) is 24.5. The van der Waals surface area contributed by atoms with Crippen molar-refractivity contribution in [1.29, 1.82) is 0 Å². The summed E-state index contributed by atoms with van der Waals surface area (Å²) in [6, 6.07) is 7.21. The van der Waals surface area contributed by atoms with Crippen molar-refractivity contribution in [2.45, 2.75) is 76.7 Å². The van der Waals surface area contributed by atoms with E-state index in [9.17, 15) is 33.0 Å². The smallest absolute Gasteiger partial charge is 0.416 e. The Morgan fingerprint density at radius 3 is 2.36 bits per heavy atom. The number of benzene rings is 1. The number of esters is 1. The van der Waals surface area contributed by atoms with Crippen LogP contribution in [0.25, 0.3) is 22.7 Å². The van der Waals surface area contributed by atoms with Crippen molar-refractivity contribution in [3.05, 3.63) is 48.0 Å². The van der Waals surface area contributed by atoms with Crippen molar-refractivity contribution in [2.75, 3.05) is 7.11 Å². The van der Waals surface area contributed by atoms with Gasteiger partial charge in [-0.05, 0) is 61.6 Å². The number of aliphatic hydroxyl groups is 2. The molecule has 2 aliphatic carbocycles. The third-order valence-corrected chi connectivity index (χ3v) is 7.95. The number of halogens is 3. The van der Waals surface area contributed by atoms with Crippen molar-refractivity contribution in [2.24, 2.45) is 17.8 Å². The van der Waals surface area contributed by atoms with Gasteiger partial charge in [0.25, 0.3) is 5.91 Å². The zero-order chi connectivity index (χ0) is 31.8. The summed E-state index contributed by atoms with van der Waals surface area (Å²) in [6.07, 6.45) is -3.64. The number of oxazole rings is 1. The Labute approximate surface area is 251 Å². The average molecular weight is 620 g/mol. The molecular weight excluding hydrogens is 583 g/mol.